The number of hydrogen-bond donors (Lipinski definition) is 8. The standard InChI is InChI=1S/C26H40N10O14P2S2/c1-53-54-12(7-27)2-3-13(28)25(38)49-21-16(48-24(20(21)37)36-11-33-19-22(30)31-10-32-23(19)36)9-46-52(43,44)50-14-6-18(35-5-4-17(29)34-26(35)39)47-15(14)8-45-51(40,41)42/h4-5,10-16,18,20-21,24,37H,2-3,6-9,27-28H2,1H3,(H,43,44)(H2,29,34,39)(H2,30,31,32)(H2,40,41,42)/t12-,13-,14-,15+,16+,18+,20+,21+,24+/m0/s1. The molecule has 24 nitrogen and oxygen atoms in total. The Morgan fingerprint density at radius 3 is 2.52 bits per heavy atom. The summed E-state index contributed by atoms with van der Waals surface area (Å²) in [5.41, 5.74) is 22.9. The van der Waals surface area contributed by atoms with Crippen LogP contribution in [-0.4, -0.2) is 123 Å². The van der Waals surface area contributed by atoms with E-state index in [0.29, 0.717) is 13.0 Å². The van der Waals surface area contributed by atoms with Crippen molar-refractivity contribution in [2.24, 2.45) is 11.5 Å². The van der Waals surface area contributed by atoms with E-state index in [1.807, 2.05) is 6.26 Å². The van der Waals surface area contributed by atoms with Crippen LogP contribution in [0, 0.1) is 0 Å². The van der Waals surface area contributed by atoms with Crippen LogP contribution < -0.4 is 28.6 Å². The minimum Gasteiger partial charge on any atom is -0.455 e. The second-order valence-corrected chi connectivity index (χ2v) is 17.4. The van der Waals surface area contributed by atoms with Crippen molar-refractivity contribution >= 4 is 66.0 Å². The molecule has 3 aromatic rings. The zero-order valence-electron chi connectivity index (χ0n) is 28.3. The summed E-state index contributed by atoms with van der Waals surface area (Å²) in [6.45, 7) is -1.29. The van der Waals surface area contributed by atoms with E-state index in [0.717, 1.165) is 10.9 Å². The fraction of sp³-hybridized carbons (Fsp3) is 0.615. The largest absolute Gasteiger partial charge is 0.472 e. The smallest absolute Gasteiger partial charge is 0.455 e. The first-order valence-corrected chi connectivity index (χ1v) is 21.6. The molecule has 1 unspecified atom stereocenters. The average Bonchev–Trinajstić information content (AvgIpc) is 3.80. The van der Waals surface area contributed by atoms with Crippen molar-refractivity contribution in [3.05, 3.63) is 35.4 Å². The van der Waals surface area contributed by atoms with Crippen molar-refractivity contribution < 1.29 is 61.5 Å². The average molecular weight is 843 g/mol. The molecule has 0 radical (unpaired) electrons. The molecule has 2 aliphatic heterocycles. The SMILES string of the molecule is CSS[C@H](CN)CC[C@H](N)C(=O)O[C@H]1[C@@H](O)[C@H](n2cnc3c(N)ncnc32)O[C@@H]1COP(=O)(O)O[C@H]1C[C@H](n2ccc(N)nc2=O)O[C@@H]1COP(=O)(O)O. The number of aliphatic hydroxyl groups is 1. The van der Waals surface area contributed by atoms with Gasteiger partial charge in [-0.05, 0) is 25.2 Å². The fourth-order valence-corrected chi connectivity index (χ4v) is 8.87. The third-order valence-electron chi connectivity index (χ3n) is 8.24. The molecular formula is C26H40N10O14P2S2. The summed E-state index contributed by atoms with van der Waals surface area (Å²) in [4.78, 5) is 70.7. The molecule has 0 amide bonds. The molecule has 2 fully saturated rings. The predicted molar refractivity (Wildman–Crippen MR) is 191 cm³/mol. The van der Waals surface area contributed by atoms with Crippen molar-refractivity contribution in [1.82, 2.24) is 29.1 Å². The van der Waals surface area contributed by atoms with Crippen molar-refractivity contribution in [2.45, 2.75) is 73.5 Å². The molecule has 300 valence electrons. The summed E-state index contributed by atoms with van der Waals surface area (Å²) in [5.74, 6) is -0.958. The number of imidazole rings is 1. The number of aliphatic hydroxyl groups excluding tert-OH is 1. The lowest BCUT2D eigenvalue weighted by atomic mass is 10.1. The van der Waals surface area contributed by atoms with E-state index in [1.165, 1.54) is 44.7 Å². The number of phosphoric acid groups is 2. The maximum absolute atomic E-state index is 13.4. The van der Waals surface area contributed by atoms with Crippen LogP contribution in [0.4, 0.5) is 11.6 Å². The van der Waals surface area contributed by atoms with Gasteiger partial charge < -0.3 is 56.9 Å². The highest BCUT2D eigenvalue weighted by Crippen LogP contribution is 2.50. The summed E-state index contributed by atoms with van der Waals surface area (Å²) in [5, 5.41) is 11.4. The number of nitrogens with two attached hydrogens (primary N) is 4. The first-order chi connectivity index (χ1) is 25.5. The normalized spacial score (nSPS) is 26.8. The van der Waals surface area contributed by atoms with Gasteiger partial charge in [-0.3, -0.25) is 27.5 Å². The van der Waals surface area contributed by atoms with Gasteiger partial charge in [0.1, 0.15) is 54.3 Å². The monoisotopic (exact) mass is 842 g/mol. The Balaban J connectivity index is 1.33. The Morgan fingerprint density at radius 2 is 1.83 bits per heavy atom. The summed E-state index contributed by atoms with van der Waals surface area (Å²) in [7, 11) is -7.13. The summed E-state index contributed by atoms with van der Waals surface area (Å²) < 4.78 is 59.5. The van der Waals surface area contributed by atoms with Crippen LogP contribution in [0.5, 0.6) is 0 Å². The molecule has 2 aliphatic rings. The number of carbonyl (C=O) groups is 1. The Kier molecular flexibility index (Phi) is 14.1. The molecule has 0 spiro atoms. The van der Waals surface area contributed by atoms with Crippen LogP contribution in [0.15, 0.2) is 29.7 Å². The number of rotatable bonds is 18. The molecule has 2 saturated heterocycles. The predicted octanol–water partition coefficient (Wildman–Crippen LogP) is -1.24. The number of anilines is 2. The second kappa shape index (κ2) is 18.0. The number of nitrogen functional groups attached to an aromatic ring is 2. The van der Waals surface area contributed by atoms with Crippen LogP contribution >= 0.6 is 37.2 Å². The van der Waals surface area contributed by atoms with Crippen molar-refractivity contribution in [3.63, 3.8) is 0 Å². The van der Waals surface area contributed by atoms with Gasteiger partial charge in [0.05, 0.1) is 19.5 Å². The van der Waals surface area contributed by atoms with Gasteiger partial charge in [-0.15, -0.1) is 0 Å². The van der Waals surface area contributed by atoms with E-state index in [-0.39, 0.29) is 40.9 Å². The minimum atomic E-state index is -5.14. The molecule has 0 aromatic carbocycles. The van der Waals surface area contributed by atoms with Crippen LogP contribution in [0.25, 0.3) is 11.2 Å². The Labute approximate surface area is 313 Å². The van der Waals surface area contributed by atoms with Gasteiger partial charge >= 0.3 is 27.3 Å². The number of phosphoric ester groups is 2. The molecule has 10 atom stereocenters. The lowest BCUT2D eigenvalue weighted by molar-refractivity contribution is -0.158. The van der Waals surface area contributed by atoms with Gasteiger partial charge in [-0.1, -0.05) is 21.6 Å². The number of aromatic nitrogens is 6. The maximum Gasteiger partial charge on any atom is 0.472 e. The molecule has 0 bridgehead atoms. The molecular weight excluding hydrogens is 802 g/mol. The quantitative estimate of drug-likeness (QED) is 0.0422. The third-order valence-corrected chi connectivity index (χ3v) is 12.0. The lowest BCUT2D eigenvalue weighted by Crippen LogP contribution is -2.43. The van der Waals surface area contributed by atoms with Gasteiger partial charge in [-0.25, -0.2) is 28.9 Å². The van der Waals surface area contributed by atoms with Crippen LogP contribution in [0.3, 0.4) is 0 Å². The molecule has 0 aliphatic carbocycles. The number of nitrogens with zero attached hydrogens (tertiary/aromatic N) is 6. The molecule has 12 N–H and O–H groups in total. The molecule has 3 aromatic heterocycles. The minimum absolute atomic E-state index is 0.0139. The Hall–Kier alpha value is -2.78. The maximum atomic E-state index is 13.4. The number of fused-ring (bicyclic) bond motifs is 1. The summed E-state index contributed by atoms with van der Waals surface area (Å²) >= 11 is 0. The van der Waals surface area contributed by atoms with E-state index in [1.54, 1.807) is 0 Å². The van der Waals surface area contributed by atoms with Crippen LogP contribution in [0.2, 0.25) is 0 Å². The van der Waals surface area contributed by atoms with E-state index < -0.39 is 89.5 Å². The van der Waals surface area contributed by atoms with Gasteiger partial charge in [-0.2, -0.15) is 4.98 Å². The number of carbonyl (C=O) groups excluding carboxylic acids is 1. The molecule has 0 saturated carbocycles. The van der Waals surface area contributed by atoms with Crippen LogP contribution in [0.1, 0.15) is 31.7 Å². The molecule has 54 heavy (non-hydrogen) atoms. The van der Waals surface area contributed by atoms with E-state index >= 15 is 0 Å². The highest BCUT2D eigenvalue weighted by Gasteiger charge is 2.50. The van der Waals surface area contributed by atoms with Gasteiger partial charge in [0.25, 0.3) is 0 Å². The summed E-state index contributed by atoms with van der Waals surface area (Å²) in [6.07, 6.45) is -4.04. The topological polar surface area (TPSA) is 370 Å². The van der Waals surface area contributed by atoms with Gasteiger partial charge in [0, 0.05) is 24.4 Å². The number of ether oxygens (including phenoxy) is 3. The number of hydrogen-bond acceptors (Lipinski definition) is 21. The Morgan fingerprint density at radius 1 is 1.09 bits per heavy atom. The molecule has 28 heteroatoms. The highest BCUT2D eigenvalue weighted by molar-refractivity contribution is 8.76. The first-order valence-electron chi connectivity index (χ1n) is 16.0. The van der Waals surface area contributed by atoms with E-state index in [2.05, 4.69) is 24.5 Å². The third kappa shape index (κ3) is 10.5. The first kappa shape index (κ1) is 42.4. The van der Waals surface area contributed by atoms with E-state index in [9.17, 15) is 38.5 Å². The van der Waals surface area contributed by atoms with Gasteiger partial charge in [0.2, 0.25) is 0 Å². The van der Waals surface area contributed by atoms with Crippen molar-refractivity contribution in [1.29, 1.82) is 0 Å². The van der Waals surface area contributed by atoms with Crippen molar-refractivity contribution in [2.75, 3.05) is 37.5 Å². The second-order valence-electron chi connectivity index (χ2n) is 11.9. The van der Waals surface area contributed by atoms with Crippen molar-refractivity contribution in [3.8, 4) is 0 Å². The summed E-state index contributed by atoms with van der Waals surface area (Å²) in [6, 6.07) is 0.157. The molecule has 5 rings (SSSR count). The highest BCUT2D eigenvalue weighted by atomic mass is 33.1. The van der Waals surface area contributed by atoms with E-state index in [4.69, 9.17) is 46.2 Å². The zero-order chi connectivity index (χ0) is 39.4. The fourth-order valence-electron chi connectivity index (χ4n) is 5.65. The Bertz CT molecular complexity index is 1920. The molecule has 5 heterocycles. The number of esters is 1. The lowest BCUT2D eigenvalue weighted by Gasteiger charge is -2.24. The van der Waals surface area contributed by atoms with Gasteiger partial charge in [0.15, 0.2) is 23.8 Å². The zero-order valence-corrected chi connectivity index (χ0v) is 31.7. The van der Waals surface area contributed by atoms with Crippen LogP contribution in [-0.2, 0) is 41.7 Å².